The molecule has 0 unspecified atom stereocenters. The molecule has 0 bridgehead atoms. The number of fused-ring (bicyclic) bond motifs is 1. The number of hydrogen-bond donors (Lipinski definition) is 2. The average Bonchev–Trinajstić information content (AvgIpc) is 3.67. The molecule has 0 spiro atoms. The van der Waals surface area contributed by atoms with Crippen molar-refractivity contribution in [3.8, 4) is 11.6 Å². The van der Waals surface area contributed by atoms with E-state index in [1.807, 2.05) is 4.90 Å². The molecular weight excluding hydrogens is 540 g/mol. The van der Waals surface area contributed by atoms with Crippen molar-refractivity contribution >= 4 is 34.3 Å². The third kappa shape index (κ3) is 5.15. The summed E-state index contributed by atoms with van der Waals surface area (Å²) in [5.41, 5.74) is 0.962. The van der Waals surface area contributed by atoms with Crippen molar-refractivity contribution in [3.63, 3.8) is 0 Å². The first-order valence-electron chi connectivity index (χ1n) is 14.1. The number of H-pyrrole nitrogens is 1. The Morgan fingerprint density at radius 1 is 0.976 bits per heavy atom. The van der Waals surface area contributed by atoms with E-state index in [-0.39, 0.29) is 36.3 Å². The number of carbonyl (C=O) groups is 3. The maximum Gasteiger partial charge on any atom is 0.295 e. The Morgan fingerprint density at radius 3 is 2.45 bits per heavy atom. The molecule has 42 heavy (non-hydrogen) atoms. The number of ketones is 1. The first kappa shape index (κ1) is 27.3. The van der Waals surface area contributed by atoms with Crippen LogP contribution in [-0.4, -0.2) is 96.5 Å². The van der Waals surface area contributed by atoms with E-state index in [9.17, 15) is 14.4 Å². The lowest BCUT2D eigenvalue weighted by Crippen LogP contribution is -2.51. The minimum atomic E-state index is -0.660. The molecule has 2 aliphatic rings. The molecule has 2 amide bonds. The minimum absolute atomic E-state index is 0.150. The lowest BCUT2D eigenvalue weighted by molar-refractivity contribution is -0.126. The highest BCUT2D eigenvalue weighted by molar-refractivity contribution is 6.45. The fourth-order valence-corrected chi connectivity index (χ4v) is 5.66. The number of nitrogens with zero attached hydrogens (tertiary/aromatic N) is 8. The summed E-state index contributed by atoms with van der Waals surface area (Å²) < 4.78 is 6.98. The van der Waals surface area contributed by atoms with Crippen LogP contribution in [0, 0.1) is 6.92 Å². The van der Waals surface area contributed by atoms with Crippen LogP contribution in [0.1, 0.15) is 58.8 Å². The summed E-state index contributed by atoms with van der Waals surface area (Å²) in [6, 6.07) is 0.150. The highest BCUT2D eigenvalue weighted by atomic mass is 16.5. The molecule has 14 nitrogen and oxygen atoms in total. The predicted molar refractivity (Wildman–Crippen MR) is 152 cm³/mol. The minimum Gasteiger partial charge on any atom is -0.494 e. The van der Waals surface area contributed by atoms with E-state index in [1.165, 1.54) is 48.0 Å². The van der Waals surface area contributed by atoms with Gasteiger partial charge in [0.2, 0.25) is 0 Å². The highest BCUT2D eigenvalue weighted by Crippen LogP contribution is 2.32. The van der Waals surface area contributed by atoms with Gasteiger partial charge >= 0.3 is 0 Å². The quantitative estimate of drug-likeness (QED) is 0.247. The monoisotopic (exact) mass is 572 g/mol. The van der Waals surface area contributed by atoms with Gasteiger partial charge in [-0.1, -0.05) is 19.3 Å². The van der Waals surface area contributed by atoms with E-state index in [0.29, 0.717) is 47.2 Å². The topological polar surface area (TPSA) is 164 Å². The Bertz CT molecular complexity index is 1630. The number of methoxy groups -OCH3 is 1. The molecule has 218 valence electrons. The number of ether oxygens (including phenoxy) is 1. The Hall–Kier alpha value is -4.88. The van der Waals surface area contributed by atoms with Crippen molar-refractivity contribution in [2.45, 2.75) is 45.1 Å². The molecule has 2 fully saturated rings. The van der Waals surface area contributed by atoms with Crippen molar-refractivity contribution in [3.05, 3.63) is 48.2 Å². The van der Waals surface area contributed by atoms with Crippen LogP contribution in [0.3, 0.4) is 0 Å². The second-order valence-corrected chi connectivity index (χ2v) is 10.5. The molecular formula is C28H32N10O4. The summed E-state index contributed by atoms with van der Waals surface area (Å²) in [6.45, 7) is 3.14. The normalized spacial score (nSPS) is 16.0. The SMILES string of the molecule is COc1cnc(-n2cnc(C)n2)c2[nH]cc(C(=O)C(=O)N3CCN(c4nccnc4C(=O)NC4CCCCC4)CC3)c12. The standard InChI is InChI=1S/C28H32N10O4/c1-17-33-16-38(35-17)26-22-21(20(42-2)15-32-26)19(14-31-22)24(39)28(41)37-12-10-36(11-13-37)25-23(29-8-9-30-25)27(40)34-18-6-4-3-5-7-18/h8-9,14-16,18,31H,3-7,10-13H2,1-2H3,(H,34,40). The molecule has 0 aromatic carbocycles. The summed E-state index contributed by atoms with van der Waals surface area (Å²) in [6.07, 6.45) is 12.9. The number of aromatic amines is 1. The number of Topliss-reactive ketones (excluding diaryl/α,β-unsaturated/α-hetero) is 1. The van der Waals surface area contributed by atoms with Gasteiger partial charge in [0.1, 0.15) is 17.9 Å². The largest absolute Gasteiger partial charge is 0.494 e. The molecule has 0 atom stereocenters. The van der Waals surface area contributed by atoms with E-state index in [4.69, 9.17) is 4.74 Å². The Kier molecular flexibility index (Phi) is 7.50. The summed E-state index contributed by atoms with van der Waals surface area (Å²) in [4.78, 5) is 63.8. The number of aromatic nitrogens is 7. The van der Waals surface area contributed by atoms with Crippen LogP contribution >= 0.6 is 0 Å². The van der Waals surface area contributed by atoms with Gasteiger partial charge in [-0.15, -0.1) is 0 Å². The summed E-state index contributed by atoms with van der Waals surface area (Å²) in [5, 5.41) is 7.86. The van der Waals surface area contributed by atoms with Crippen molar-refractivity contribution in [2.75, 3.05) is 38.2 Å². The van der Waals surface area contributed by atoms with Gasteiger partial charge in [-0.3, -0.25) is 14.4 Å². The zero-order chi connectivity index (χ0) is 29.2. The second-order valence-electron chi connectivity index (χ2n) is 10.5. The molecule has 14 heteroatoms. The number of piperazine rings is 1. The van der Waals surface area contributed by atoms with E-state index in [0.717, 1.165) is 25.7 Å². The number of aryl methyl sites for hydroxylation is 1. The van der Waals surface area contributed by atoms with E-state index < -0.39 is 11.7 Å². The second kappa shape index (κ2) is 11.5. The van der Waals surface area contributed by atoms with Crippen molar-refractivity contribution in [2.24, 2.45) is 0 Å². The lowest BCUT2D eigenvalue weighted by atomic mass is 9.95. The third-order valence-corrected chi connectivity index (χ3v) is 7.84. The number of carbonyl (C=O) groups excluding carboxylic acids is 3. The van der Waals surface area contributed by atoms with Crippen LogP contribution in [0.15, 0.2) is 31.1 Å². The van der Waals surface area contributed by atoms with Crippen molar-refractivity contribution in [1.82, 2.24) is 44.9 Å². The van der Waals surface area contributed by atoms with Crippen molar-refractivity contribution in [1.29, 1.82) is 0 Å². The fourth-order valence-electron chi connectivity index (χ4n) is 5.66. The van der Waals surface area contributed by atoms with Gasteiger partial charge < -0.3 is 24.8 Å². The number of pyridine rings is 1. The van der Waals surface area contributed by atoms with Crippen LogP contribution in [0.5, 0.6) is 5.75 Å². The Labute approximate surface area is 241 Å². The molecule has 2 N–H and O–H groups in total. The van der Waals surface area contributed by atoms with Gasteiger partial charge in [-0.05, 0) is 19.8 Å². The van der Waals surface area contributed by atoms with Crippen LogP contribution < -0.4 is 15.0 Å². The smallest absolute Gasteiger partial charge is 0.295 e. The van der Waals surface area contributed by atoms with Crippen LogP contribution in [0.2, 0.25) is 0 Å². The zero-order valence-corrected chi connectivity index (χ0v) is 23.5. The van der Waals surface area contributed by atoms with E-state index in [2.05, 4.69) is 35.3 Å². The van der Waals surface area contributed by atoms with Gasteiger partial charge in [0.05, 0.1) is 29.8 Å². The third-order valence-electron chi connectivity index (χ3n) is 7.84. The first-order valence-corrected chi connectivity index (χ1v) is 14.1. The molecule has 0 radical (unpaired) electrons. The van der Waals surface area contributed by atoms with Crippen LogP contribution in [0.25, 0.3) is 16.7 Å². The van der Waals surface area contributed by atoms with E-state index >= 15 is 0 Å². The molecule has 1 saturated heterocycles. The zero-order valence-electron chi connectivity index (χ0n) is 23.5. The highest BCUT2D eigenvalue weighted by Gasteiger charge is 2.32. The maximum absolute atomic E-state index is 13.5. The molecule has 1 aliphatic carbocycles. The van der Waals surface area contributed by atoms with Crippen molar-refractivity contribution < 1.29 is 19.1 Å². The molecule has 6 rings (SSSR count). The van der Waals surface area contributed by atoms with Gasteiger partial charge in [-0.2, -0.15) is 5.10 Å². The predicted octanol–water partition coefficient (Wildman–Crippen LogP) is 1.84. The number of nitrogens with one attached hydrogen (secondary N) is 2. The molecule has 4 aromatic heterocycles. The van der Waals surface area contributed by atoms with Gasteiger partial charge in [0, 0.05) is 50.8 Å². The average molecular weight is 573 g/mol. The first-order chi connectivity index (χ1) is 20.4. The number of amides is 2. The molecule has 1 aliphatic heterocycles. The fraction of sp³-hybridized carbons (Fsp3) is 0.429. The Morgan fingerprint density at radius 2 is 1.74 bits per heavy atom. The lowest BCUT2D eigenvalue weighted by Gasteiger charge is -2.35. The molecule has 5 heterocycles. The number of anilines is 1. The van der Waals surface area contributed by atoms with Gasteiger partial charge in [0.15, 0.2) is 17.3 Å². The molecule has 1 saturated carbocycles. The number of hydrogen-bond acceptors (Lipinski definition) is 10. The maximum atomic E-state index is 13.5. The van der Waals surface area contributed by atoms with E-state index in [1.54, 1.807) is 13.1 Å². The summed E-state index contributed by atoms with van der Waals surface area (Å²) in [7, 11) is 1.48. The summed E-state index contributed by atoms with van der Waals surface area (Å²) in [5.74, 6) is 0.314. The van der Waals surface area contributed by atoms with Crippen LogP contribution in [0.4, 0.5) is 5.82 Å². The van der Waals surface area contributed by atoms with Gasteiger partial charge in [-0.25, -0.2) is 24.6 Å². The summed E-state index contributed by atoms with van der Waals surface area (Å²) >= 11 is 0. The molecule has 4 aromatic rings. The number of rotatable bonds is 7. The Balaban J connectivity index is 1.17. The van der Waals surface area contributed by atoms with Crippen LogP contribution in [-0.2, 0) is 4.79 Å². The van der Waals surface area contributed by atoms with Gasteiger partial charge in [0.25, 0.3) is 17.6 Å².